The summed E-state index contributed by atoms with van der Waals surface area (Å²) >= 11 is 5.76. The minimum Gasteiger partial charge on any atom is -0.469 e. The molecule has 1 aliphatic rings. The van der Waals surface area contributed by atoms with Gasteiger partial charge < -0.3 is 15.4 Å². The number of nitrogens with zero attached hydrogens (tertiary/aromatic N) is 3. The number of esters is 1. The van der Waals surface area contributed by atoms with Gasteiger partial charge in [0.1, 0.15) is 5.82 Å². The molecule has 2 N–H and O–H groups in total. The molecule has 1 atom stereocenters. The molecule has 0 radical (unpaired) electrons. The molecule has 2 heterocycles. The highest BCUT2D eigenvalue weighted by Gasteiger charge is 2.35. The lowest BCUT2D eigenvalue weighted by atomic mass is 9.76. The third-order valence-electron chi connectivity index (χ3n) is 6.34. The zero-order valence-electron chi connectivity index (χ0n) is 20.1. The third kappa shape index (κ3) is 5.46. The predicted molar refractivity (Wildman–Crippen MR) is 130 cm³/mol. The molecule has 1 unspecified atom stereocenters. The lowest BCUT2D eigenvalue weighted by molar-refractivity contribution is -0.152. The number of benzene rings is 1. The molecule has 9 nitrogen and oxygen atoms in total. The molecular weight excluding hydrogens is 508 g/mol. The van der Waals surface area contributed by atoms with E-state index in [4.69, 9.17) is 16.3 Å². The number of aromatic nitrogens is 3. The number of rotatable bonds is 7. The number of ether oxygens (including phenoxy) is 1. The van der Waals surface area contributed by atoms with E-state index in [1.165, 1.54) is 31.5 Å². The van der Waals surface area contributed by atoms with E-state index in [1.54, 1.807) is 0 Å². The maximum Gasteiger partial charge on any atom is 0.311 e. The minimum atomic E-state index is -1.14. The monoisotopic (exact) mass is 531 g/mol. The van der Waals surface area contributed by atoms with Crippen molar-refractivity contribution in [1.29, 1.82) is 0 Å². The van der Waals surface area contributed by atoms with Crippen molar-refractivity contribution < 1.29 is 27.9 Å². The molecule has 12 heteroatoms. The van der Waals surface area contributed by atoms with Crippen LogP contribution in [0.15, 0.2) is 42.1 Å². The minimum absolute atomic E-state index is 0.0649. The number of fused-ring (bicyclic) bond motifs is 1. The van der Waals surface area contributed by atoms with Crippen LogP contribution < -0.4 is 10.6 Å². The smallest absolute Gasteiger partial charge is 0.311 e. The van der Waals surface area contributed by atoms with Crippen LogP contribution >= 0.6 is 11.6 Å². The molecule has 2 aromatic heterocycles. The van der Waals surface area contributed by atoms with Crippen LogP contribution in [0.4, 0.5) is 8.78 Å². The molecule has 3 aromatic rings. The topological polar surface area (TPSA) is 115 Å². The Morgan fingerprint density at radius 3 is 2.59 bits per heavy atom. The first kappa shape index (κ1) is 26.2. The van der Waals surface area contributed by atoms with E-state index in [0.29, 0.717) is 24.8 Å². The molecule has 0 spiro atoms. The Labute approximate surface area is 215 Å². The number of nitrogens with one attached hydrogen (secondary N) is 2. The second-order valence-electron chi connectivity index (χ2n) is 8.96. The van der Waals surface area contributed by atoms with E-state index in [9.17, 15) is 18.8 Å². The van der Waals surface area contributed by atoms with E-state index >= 15 is 4.39 Å². The Bertz CT molecular complexity index is 1420. The van der Waals surface area contributed by atoms with Crippen LogP contribution in [0.2, 0.25) is 5.02 Å². The van der Waals surface area contributed by atoms with Crippen LogP contribution in [-0.4, -0.2) is 46.0 Å². The molecule has 0 aliphatic heterocycles. The van der Waals surface area contributed by atoms with Crippen molar-refractivity contribution >= 4 is 35.0 Å². The molecule has 0 saturated carbocycles. The van der Waals surface area contributed by atoms with Gasteiger partial charge in [-0.1, -0.05) is 29.3 Å². The van der Waals surface area contributed by atoms with Crippen LogP contribution in [-0.2, 0) is 16.1 Å². The molecule has 0 bridgehead atoms. The zero-order chi connectivity index (χ0) is 26.7. The second kappa shape index (κ2) is 10.6. The van der Waals surface area contributed by atoms with Gasteiger partial charge in [0.05, 0.1) is 23.7 Å². The third-order valence-corrected chi connectivity index (χ3v) is 6.63. The maximum absolute atomic E-state index is 15.4. The number of hydrogen-bond acceptors (Lipinski definition) is 6. The summed E-state index contributed by atoms with van der Waals surface area (Å²) in [5.41, 5.74) is -0.197. The molecule has 1 aromatic carbocycles. The number of amides is 2. The molecule has 4 rings (SSSR count). The fourth-order valence-electron chi connectivity index (χ4n) is 4.06. The van der Waals surface area contributed by atoms with Crippen LogP contribution in [0.5, 0.6) is 0 Å². The van der Waals surface area contributed by atoms with Crippen molar-refractivity contribution in [3.05, 3.63) is 75.7 Å². The van der Waals surface area contributed by atoms with Gasteiger partial charge in [0.15, 0.2) is 22.9 Å². The molecule has 194 valence electrons. The average Bonchev–Trinajstić information content (AvgIpc) is 3.36. The van der Waals surface area contributed by atoms with E-state index in [0.717, 1.165) is 16.2 Å². The Balaban J connectivity index is 1.50. The van der Waals surface area contributed by atoms with Crippen LogP contribution in [0, 0.1) is 17.0 Å². The lowest BCUT2D eigenvalue weighted by Gasteiger charge is -2.30. The molecule has 37 heavy (non-hydrogen) atoms. The standard InChI is InChI=1S/C25H24ClF2N5O4/c1-25(24(36)37-2)8-5-14(6-9-25)12-30-23(35)21-19(28)20(32-18-7-10-31-33(18)21)22(34)29-13-15-3-4-17(27)16(26)11-15/h3-5,7,10-11H,6,8-9,12-13H2,1-2H3,(H,29,34)(H,30,35). The number of carbonyl (C=O) groups is 3. The Morgan fingerprint density at radius 2 is 1.92 bits per heavy atom. The Hall–Kier alpha value is -3.86. The van der Waals surface area contributed by atoms with Crippen molar-refractivity contribution in [2.24, 2.45) is 5.41 Å². The predicted octanol–water partition coefficient (Wildman–Crippen LogP) is 3.61. The average molecular weight is 532 g/mol. The highest BCUT2D eigenvalue weighted by molar-refractivity contribution is 6.30. The summed E-state index contributed by atoms with van der Waals surface area (Å²) < 4.78 is 34.7. The molecule has 0 saturated heterocycles. The second-order valence-corrected chi connectivity index (χ2v) is 9.36. The van der Waals surface area contributed by atoms with Crippen LogP contribution in [0.1, 0.15) is 52.7 Å². The van der Waals surface area contributed by atoms with E-state index < -0.39 is 40.3 Å². The van der Waals surface area contributed by atoms with Gasteiger partial charge in [0.2, 0.25) is 0 Å². The fourth-order valence-corrected chi connectivity index (χ4v) is 4.27. The Morgan fingerprint density at radius 1 is 1.16 bits per heavy atom. The van der Waals surface area contributed by atoms with Crippen molar-refractivity contribution in [1.82, 2.24) is 25.2 Å². The first-order valence-electron chi connectivity index (χ1n) is 11.4. The summed E-state index contributed by atoms with van der Waals surface area (Å²) in [5, 5.41) is 9.01. The summed E-state index contributed by atoms with van der Waals surface area (Å²) in [6.07, 6.45) is 4.77. The van der Waals surface area contributed by atoms with Crippen molar-refractivity contribution in [2.45, 2.75) is 32.7 Å². The molecular formula is C25H24ClF2N5O4. The van der Waals surface area contributed by atoms with Crippen LogP contribution in [0.3, 0.4) is 0 Å². The van der Waals surface area contributed by atoms with Gasteiger partial charge in [-0.2, -0.15) is 5.10 Å². The van der Waals surface area contributed by atoms with Crippen molar-refractivity contribution in [3.8, 4) is 0 Å². The first-order chi connectivity index (χ1) is 17.6. The number of hydrogen-bond donors (Lipinski definition) is 2. The molecule has 2 amide bonds. The normalized spacial score (nSPS) is 17.3. The quantitative estimate of drug-likeness (QED) is 0.355. The largest absolute Gasteiger partial charge is 0.469 e. The maximum atomic E-state index is 15.4. The number of allylic oxidation sites excluding steroid dienone is 1. The fraction of sp³-hybridized carbons (Fsp3) is 0.320. The van der Waals surface area contributed by atoms with E-state index in [-0.39, 0.29) is 29.7 Å². The zero-order valence-corrected chi connectivity index (χ0v) is 20.9. The summed E-state index contributed by atoms with van der Waals surface area (Å²) in [6.45, 7) is 1.89. The Kier molecular flexibility index (Phi) is 7.53. The number of methoxy groups -OCH3 is 1. The van der Waals surface area contributed by atoms with Gasteiger partial charge in [-0.05, 0) is 43.9 Å². The van der Waals surface area contributed by atoms with Gasteiger partial charge in [-0.15, -0.1) is 0 Å². The van der Waals surface area contributed by atoms with Gasteiger partial charge >= 0.3 is 5.97 Å². The van der Waals surface area contributed by atoms with E-state index in [2.05, 4.69) is 20.7 Å². The SMILES string of the molecule is COC(=O)C1(C)CC=C(CNC(=O)c2c(F)c(C(=O)NCc3ccc(F)c(Cl)c3)nc3ccnn23)CC1. The summed E-state index contributed by atoms with van der Waals surface area (Å²) in [5.74, 6) is -3.69. The molecule has 0 fully saturated rings. The first-order valence-corrected chi connectivity index (χ1v) is 11.8. The molecule has 1 aliphatic carbocycles. The highest BCUT2D eigenvalue weighted by atomic mass is 35.5. The van der Waals surface area contributed by atoms with Gasteiger partial charge in [0.25, 0.3) is 11.8 Å². The lowest BCUT2D eigenvalue weighted by Crippen LogP contribution is -2.34. The van der Waals surface area contributed by atoms with Gasteiger partial charge in [-0.3, -0.25) is 14.4 Å². The summed E-state index contributed by atoms with van der Waals surface area (Å²) in [7, 11) is 1.35. The van der Waals surface area contributed by atoms with Gasteiger partial charge in [-0.25, -0.2) is 18.3 Å². The van der Waals surface area contributed by atoms with E-state index in [1.807, 2.05) is 13.0 Å². The van der Waals surface area contributed by atoms with Gasteiger partial charge in [0, 0.05) is 19.2 Å². The van der Waals surface area contributed by atoms with Crippen LogP contribution in [0.25, 0.3) is 5.65 Å². The van der Waals surface area contributed by atoms with Crippen molar-refractivity contribution in [2.75, 3.05) is 13.7 Å². The van der Waals surface area contributed by atoms with Crippen molar-refractivity contribution in [3.63, 3.8) is 0 Å². The number of halogens is 3. The number of carbonyl (C=O) groups excluding carboxylic acids is 3. The highest BCUT2D eigenvalue weighted by Crippen LogP contribution is 2.35. The summed E-state index contributed by atoms with van der Waals surface area (Å²) in [6, 6.07) is 5.36. The summed E-state index contributed by atoms with van der Waals surface area (Å²) in [4.78, 5) is 41.7.